The molecule has 0 bridgehead atoms. The minimum Gasteiger partial charge on any atom is -0.508 e. The van der Waals surface area contributed by atoms with E-state index in [-0.39, 0.29) is 23.1 Å². The minimum atomic E-state index is -0.204. The summed E-state index contributed by atoms with van der Waals surface area (Å²) in [6, 6.07) is 4.98. The summed E-state index contributed by atoms with van der Waals surface area (Å²) >= 11 is 0. The molecule has 5 nitrogen and oxygen atoms in total. The van der Waals surface area contributed by atoms with Gasteiger partial charge >= 0.3 is 0 Å². The van der Waals surface area contributed by atoms with Gasteiger partial charge in [-0.15, -0.1) is 0 Å². The van der Waals surface area contributed by atoms with Gasteiger partial charge in [0.15, 0.2) is 5.75 Å². The minimum absolute atomic E-state index is 0.0612. The maximum absolute atomic E-state index is 13.2. The van der Waals surface area contributed by atoms with Gasteiger partial charge in [-0.2, -0.15) is 0 Å². The fourth-order valence-corrected chi connectivity index (χ4v) is 3.15. The molecule has 0 aliphatic heterocycles. The molecule has 5 heteroatoms. The number of hydrogen-bond acceptors (Lipinski definition) is 4. The van der Waals surface area contributed by atoms with Crippen LogP contribution < -0.4 is 15.0 Å². The van der Waals surface area contributed by atoms with Crippen LogP contribution in [0.1, 0.15) is 72.3 Å². The second-order valence-electron chi connectivity index (χ2n) is 7.24. The summed E-state index contributed by atoms with van der Waals surface area (Å²) in [5.74, 6) is 0.911. The van der Waals surface area contributed by atoms with E-state index < -0.39 is 0 Å². The van der Waals surface area contributed by atoms with Crippen LogP contribution in [0.5, 0.6) is 17.2 Å². The fourth-order valence-electron chi connectivity index (χ4n) is 3.15. The molecule has 0 fully saturated rings. The average molecular weight is 376 g/mol. The number of aromatic hydroxyl groups is 1. The standard InChI is InChI=1S/C22H33NO4/c1-5-7-9-10-14-27-21-20(26-13-8-6-2)18-12-11-17(24)15-19(18)23(16(3)4)22(21)25/h11-12,15-16,24H,5-10,13-14H2,1-4H3. The van der Waals surface area contributed by atoms with Crippen molar-refractivity contribution in [3.63, 3.8) is 0 Å². The van der Waals surface area contributed by atoms with Crippen LogP contribution in [-0.4, -0.2) is 22.9 Å². The molecule has 0 atom stereocenters. The summed E-state index contributed by atoms with van der Waals surface area (Å²) in [5.41, 5.74) is 0.463. The molecule has 1 aromatic heterocycles. The highest BCUT2D eigenvalue weighted by molar-refractivity contribution is 5.89. The molecule has 150 valence electrons. The molecule has 0 spiro atoms. The van der Waals surface area contributed by atoms with Crippen molar-refractivity contribution in [2.75, 3.05) is 13.2 Å². The Hall–Kier alpha value is -2.17. The van der Waals surface area contributed by atoms with Crippen molar-refractivity contribution >= 4 is 10.9 Å². The number of pyridine rings is 1. The molecular weight excluding hydrogens is 342 g/mol. The lowest BCUT2D eigenvalue weighted by Crippen LogP contribution is -2.25. The van der Waals surface area contributed by atoms with Crippen molar-refractivity contribution in [2.45, 2.75) is 72.3 Å². The number of fused-ring (bicyclic) bond motifs is 1. The van der Waals surface area contributed by atoms with Crippen molar-refractivity contribution < 1.29 is 14.6 Å². The van der Waals surface area contributed by atoms with Crippen molar-refractivity contribution in [1.29, 1.82) is 0 Å². The van der Waals surface area contributed by atoms with Crippen molar-refractivity contribution in [3.05, 3.63) is 28.6 Å². The summed E-state index contributed by atoms with van der Waals surface area (Å²) < 4.78 is 13.6. The first kappa shape index (κ1) is 21.1. The van der Waals surface area contributed by atoms with Gasteiger partial charge in [-0.05, 0) is 38.8 Å². The third kappa shape index (κ3) is 5.18. The molecular formula is C22H33NO4. The van der Waals surface area contributed by atoms with E-state index in [4.69, 9.17) is 9.47 Å². The van der Waals surface area contributed by atoms with E-state index in [0.29, 0.717) is 24.5 Å². The van der Waals surface area contributed by atoms with Gasteiger partial charge in [0.2, 0.25) is 5.75 Å². The van der Waals surface area contributed by atoms with Crippen molar-refractivity contribution in [3.8, 4) is 17.2 Å². The number of hydrogen-bond donors (Lipinski definition) is 1. The Kier molecular flexibility index (Phi) is 8.01. The number of nitrogens with zero attached hydrogens (tertiary/aromatic N) is 1. The second-order valence-corrected chi connectivity index (χ2v) is 7.24. The number of unbranched alkanes of at least 4 members (excludes halogenated alkanes) is 4. The number of phenolic OH excluding ortho intramolecular Hbond substituents is 1. The van der Waals surface area contributed by atoms with Gasteiger partial charge in [0, 0.05) is 17.5 Å². The monoisotopic (exact) mass is 375 g/mol. The van der Waals surface area contributed by atoms with Gasteiger partial charge in [0.1, 0.15) is 5.75 Å². The molecule has 0 saturated carbocycles. The predicted octanol–water partition coefficient (Wildman–Crippen LogP) is 5.43. The van der Waals surface area contributed by atoms with Gasteiger partial charge in [-0.3, -0.25) is 4.79 Å². The lowest BCUT2D eigenvalue weighted by Gasteiger charge is -2.20. The zero-order valence-corrected chi connectivity index (χ0v) is 17.1. The molecule has 27 heavy (non-hydrogen) atoms. The molecule has 0 saturated heterocycles. The molecule has 0 amide bonds. The number of aromatic nitrogens is 1. The number of ether oxygens (including phenoxy) is 2. The van der Waals surface area contributed by atoms with Crippen molar-refractivity contribution in [1.82, 2.24) is 4.57 Å². The maximum Gasteiger partial charge on any atom is 0.297 e. The Morgan fingerprint density at radius 1 is 0.963 bits per heavy atom. The highest BCUT2D eigenvalue weighted by Gasteiger charge is 2.21. The van der Waals surface area contributed by atoms with Crippen LogP contribution in [0, 0.1) is 0 Å². The van der Waals surface area contributed by atoms with Crippen molar-refractivity contribution in [2.24, 2.45) is 0 Å². The number of benzene rings is 1. The van der Waals surface area contributed by atoms with E-state index in [1.165, 1.54) is 0 Å². The fraction of sp³-hybridized carbons (Fsp3) is 0.591. The largest absolute Gasteiger partial charge is 0.508 e. The highest BCUT2D eigenvalue weighted by Crippen LogP contribution is 2.35. The smallest absolute Gasteiger partial charge is 0.297 e. The lowest BCUT2D eigenvalue weighted by molar-refractivity contribution is 0.257. The normalized spacial score (nSPS) is 11.3. The molecule has 0 aliphatic carbocycles. The van der Waals surface area contributed by atoms with E-state index in [2.05, 4.69) is 13.8 Å². The number of rotatable bonds is 11. The molecule has 0 unspecified atom stereocenters. The number of phenols is 1. The van der Waals surface area contributed by atoms with Gasteiger partial charge in [-0.25, -0.2) is 0 Å². The molecule has 1 heterocycles. The SMILES string of the molecule is CCCCCCOc1c(OCCCC)c2ccc(O)cc2n(C(C)C)c1=O. The topological polar surface area (TPSA) is 60.7 Å². The zero-order valence-electron chi connectivity index (χ0n) is 17.1. The van der Waals surface area contributed by atoms with E-state index in [1.54, 1.807) is 22.8 Å². The summed E-state index contributed by atoms with van der Waals surface area (Å²) in [4.78, 5) is 13.2. The summed E-state index contributed by atoms with van der Waals surface area (Å²) in [7, 11) is 0. The highest BCUT2D eigenvalue weighted by atomic mass is 16.5. The first-order valence-corrected chi connectivity index (χ1v) is 10.2. The molecule has 0 radical (unpaired) electrons. The summed E-state index contributed by atoms with van der Waals surface area (Å²) in [6.07, 6.45) is 6.23. The molecule has 1 N–H and O–H groups in total. The average Bonchev–Trinajstić information content (AvgIpc) is 2.62. The summed E-state index contributed by atoms with van der Waals surface area (Å²) in [6.45, 7) is 9.20. The molecule has 2 aromatic rings. The maximum atomic E-state index is 13.2. The quantitative estimate of drug-likeness (QED) is 0.532. The lowest BCUT2D eigenvalue weighted by atomic mass is 10.1. The van der Waals surface area contributed by atoms with Crippen LogP contribution in [0.15, 0.2) is 23.0 Å². The Bertz CT molecular complexity index is 795. The van der Waals surface area contributed by atoms with E-state index in [9.17, 15) is 9.90 Å². The Morgan fingerprint density at radius 3 is 2.30 bits per heavy atom. The third-order valence-corrected chi connectivity index (χ3v) is 4.61. The van der Waals surface area contributed by atoms with Crippen LogP contribution in [-0.2, 0) is 0 Å². The Labute approximate surface area is 161 Å². The van der Waals surface area contributed by atoms with Crippen LogP contribution in [0.4, 0.5) is 0 Å². The van der Waals surface area contributed by atoms with Gasteiger partial charge in [0.05, 0.1) is 18.7 Å². The van der Waals surface area contributed by atoms with Gasteiger partial charge in [0.25, 0.3) is 5.56 Å². The molecule has 2 rings (SSSR count). The van der Waals surface area contributed by atoms with Gasteiger partial charge < -0.3 is 19.1 Å². The first-order valence-electron chi connectivity index (χ1n) is 10.2. The Morgan fingerprint density at radius 2 is 1.63 bits per heavy atom. The van der Waals surface area contributed by atoms with Crippen LogP contribution >= 0.6 is 0 Å². The van der Waals surface area contributed by atoms with Crippen LogP contribution in [0.2, 0.25) is 0 Å². The van der Waals surface area contributed by atoms with Crippen LogP contribution in [0.3, 0.4) is 0 Å². The van der Waals surface area contributed by atoms with E-state index in [0.717, 1.165) is 43.9 Å². The molecule has 0 aliphatic rings. The summed E-state index contributed by atoms with van der Waals surface area (Å²) in [5, 5.41) is 10.7. The predicted molar refractivity (Wildman–Crippen MR) is 110 cm³/mol. The second kappa shape index (κ2) is 10.2. The van der Waals surface area contributed by atoms with E-state index in [1.807, 2.05) is 13.8 Å². The van der Waals surface area contributed by atoms with Gasteiger partial charge in [-0.1, -0.05) is 39.5 Å². The first-order chi connectivity index (χ1) is 13.0. The Balaban J connectivity index is 2.51. The van der Waals surface area contributed by atoms with E-state index >= 15 is 0 Å². The van der Waals surface area contributed by atoms with Crippen LogP contribution in [0.25, 0.3) is 10.9 Å². The zero-order chi connectivity index (χ0) is 19.8. The third-order valence-electron chi connectivity index (χ3n) is 4.61. The molecule has 1 aromatic carbocycles.